The Labute approximate surface area is 232 Å². The lowest BCUT2D eigenvalue weighted by Gasteiger charge is -2.30. The Morgan fingerprint density at radius 1 is 1.25 bits per heavy atom. The summed E-state index contributed by atoms with van der Waals surface area (Å²) in [5.74, 6) is -3.81. The predicted octanol–water partition coefficient (Wildman–Crippen LogP) is 4.03. The number of carbonyl (C=O) groups excluding carboxylic acids is 1. The Balaban J connectivity index is 1.76. The third-order valence-corrected chi connectivity index (χ3v) is 8.42. The number of amides is 1. The van der Waals surface area contributed by atoms with E-state index in [1.807, 2.05) is 4.72 Å². The van der Waals surface area contributed by atoms with E-state index in [1.165, 1.54) is 31.5 Å². The molecule has 1 aliphatic carbocycles. The van der Waals surface area contributed by atoms with Crippen molar-refractivity contribution in [3.05, 3.63) is 30.1 Å². The van der Waals surface area contributed by atoms with E-state index in [1.54, 1.807) is 0 Å². The van der Waals surface area contributed by atoms with Crippen LogP contribution in [0.5, 0.6) is 5.75 Å². The third kappa shape index (κ3) is 9.12. The Morgan fingerprint density at radius 2 is 1.95 bits per heavy atom. The lowest BCUT2D eigenvalue weighted by molar-refractivity contribution is -0.132. The van der Waals surface area contributed by atoms with Gasteiger partial charge in [-0.25, -0.2) is 13.1 Å². The second-order valence-corrected chi connectivity index (χ2v) is 11.8. The number of nitrogens with one attached hydrogen (secondary N) is 2. The summed E-state index contributed by atoms with van der Waals surface area (Å²) in [6.45, 7) is -0.634. The first-order valence-corrected chi connectivity index (χ1v) is 14.6. The number of hydrogen-bond donors (Lipinski definition) is 3. The number of carbonyl (C=O) groups is 1. The van der Waals surface area contributed by atoms with E-state index >= 15 is 0 Å². The van der Waals surface area contributed by atoms with Gasteiger partial charge in [-0.2, -0.15) is 22.0 Å². The summed E-state index contributed by atoms with van der Waals surface area (Å²) in [6.07, 6.45) is -0.546. The van der Waals surface area contributed by atoms with Crippen LogP contribution in [-0.2, 0) is 10.0 Å². The van der Waals surface area contributed by atoms with Crippen molar-refractivity contribution < 1.29 is 44.7 Å². The first kappa shape index (κ1) is 31.7. The van der Waals surface area contributed by atoms with Crippen molar-refractivity contribution in [2.75, 3.05) is 25.5 Å². The van der Waals surface area contributed by atoms with Crippen LogP contribution in [0.4, 0.5) is 27.6 Å². The van der Waals surface area contributed by atoms with Gasteiger partial charge < -0.3 is 20.6 Å². The molecule has 0 unspecified atom stereocenters. The Bertz CT molecular complexity index is 1250. The minimum atomic E-state index is -4.52. The number of benzene rings is 1. The summed E-state index contributed by atoms with van der Waals surface area (Å²) in [4.78, 5) is 18.2. The molecule has 0 bridgehead atoms. The maximum absolute atomic E-state index is 12.9. The van der Waals surface area contributed by atoms with Crippen LogP contribution in [0.3, 0.4) is 0 Å². The van der Waals surface area contributed by atoms with Crippen LogP contribution in [0.25, 0.3) is 0 Å². The summed E-state index contributed by atoms with van der Waals surface area (Å²) in [6, 6.07) is 4.01. The highest BCUT2D eigenvalue weighted by atomic mass is 32.2. The van der Waals surface area contributed by atoms with Crippen molar-refractivity contribution in [1.29, 1.82) is 0 Å². The van der Waals surface area contributed by atoms with E-state index in [2.05, 4.69) is 10.4 Å². The number of primary amides is 1. The molecule has 1 amide bonds. The molecule has 0 saturated heterocycles. The molecule has 1 aromatic heterocycles. The van der Waals surface area contributed by atoms with Gasteiger partial charge in [-0.1, -0.05) is 31.0 Å². The maximum Gasteiger partial charge on any atom is 0.390 e. The van der Waals surface area contributed by atoms with Gasteiger partial charge in [0.25, 0.3) is 11.7 Å². The van der Waals surface area contributed by atoms with Gasteiger partial charge >= 0.3 is 6.18 Å². The molecule has 1 fully saturated rings. The van der Waals surface area contributed by atoms with Crippen LogP contribution in [0.1, 0.15) is 49.0 Å². The van der Waals surface area contributed by atoms with Gasteiger partial charge in [-0.15, -0.1) is 9.94 Å². The molecule has 17 heteroatoms. The first-order chi connectivity index (χ1) is 18.8. The molecule has 0 aliphatic heterocycles. The fourth-order valence-electron chi connectivity index (χ4n) is 4.30. The molecule has 1 saturated carbocycles. The van der Waals surface area contributed by atoms with E-state index in [-0.39, 0.29) is 45.5 Å². The Morgan fingerprint density at radius 3 is 2.55 bits per heavy atom. The Kier molecular flexibility index (Phi) is 10.9. The molecule has 1 aromatic carbocycles. The van der Waals surface area contributed by atoms with Gasteiger partial charge in [0.2, 0.25) is 10.0 Å². The number of ether oxygens (including phenoxy) is 1. The number of nitrogens with two attached hydrogens (primary N) is 1. The van der Waals surface area contributed by atoms with Crippen molar-refractivity contribution in [3.63, 3.8) is 0 Å². The number of nitrogens with zero attached hydrogens (tertiary/aromatic N) is 2. The number of aromatic nitrogens is 2. The zero-order chi connectivity index (χ0) is 29.5. The number of thioether (sulfide) groups is 1. The van der Waals surface area contributed by atoms with E-state index in [0.717, 1.165) is 36.9 Å². The highest BCUT2D eigenvalue weighted by molar-refractivity contribution is 7.99. The van der Waals surface area contributed by atoms with Crippen molar-refractivity contribution in [2.45, 2.75) is 66.4 Å². The number of alkyl halides is 5. The maximum atomic E-state index is 12.9. The standard InChI is InChI=1S/C23H30F5N5O5S2/c1-37-16-11-15(7-8-19(16)40(35,36)31-10-9-23(26,27)28)30-12-17(14-5-3-2-4-6-14)38-33-13-18(39-22(24)25)20(32-33)21(29)34/h7-8,11,13-14,17,22,30-31H,2-6,9-10,12H2,1H3,(H2,29,34)/t17-/m1/s1. The Hall–Kier alpha value is -2.79. The van der Waals surface area contributed by atoms with Crippen LogP contribution >= 0.6 is 11.8 Å². The SMILES string of the molecule is COc1cc(NC[C@@H](On2cc(SC(F)F)c(C(N)=O)n2)C2CCCCC2)ccc1S(=O)(=O)NCCC(F)(F)F. The average Bonchev–Trinajstić information content (AvgIpc) is 3.27. The largest absolute Gasteiger partial charge is 0.495 e. The fourth-order valence-corrected chi connectivity index (χ4v) is 6.08. The van der Waals surface area contributed by atoms with Crippen LogP contribution in [0.15, 0.2) is 34.2 Å². The number of anilines is 1. The first-order valence-electron chi connectivity index (χ1n) is 12.3. The second-order valence-electron chi connectivity index (χ2n) is 9.04. The molecular formula is C23H30F5N5O5S2. The number of halogens is 5. The normalized spacial score (nSPS) is 15.7. The fraction of sp³-hybridized carbons (Fsp3) is 0.565. The summed E-state index contributed by atoms with van der Waals surface area (Å²) in [5, 5.41) is 7.06. The highest BCUT2D eigenvalue weighted by Gasteiger charge is 2.30. The molecule has 1 heterocycles. The van der Waals surface area contributed by atoms with Gasteiger partial charge in [-0.05, 0) is 25.0 Å². The molecule has 224 valence electrons. The van der Waals surface area contributed by atoms with Crippen LogP contribution < -0.4 is 25.3 Å². The minimum absolute atomic E-state index is 0.0630. The van der Waals surface area contributed by atoms with Gasteiger partial charge in [0, 0.05) is 24.2 Å². The van der Waals surface area contributed by atoms with E-state index in [0.29, 0.717) is 5.69 Å². The molecule has 4 N–H and O–H groups in total. The second kappa shape index (κ2) is 13.7. The molecule has 0 radical (unpaired) electrons. The number of methoxy groups -OCH3 is 1. The molecular weight excluding hydrogens is 585 g/mol. The number of hydrogen-bond acceptors (Lipinski definition) is 8. The molecule has 1 aliphatic rings. The summed E-state index contributed by atoms with van der Waals surface area (Å²) < 4.78 is 95.3. The minimum Gasteiger partial charge on any atom is -0.495 e. The van der Waals surface area contributed by atoms with Crippen molar-refractivity contribution in [3.8, 4) is 5.75 Å². The van der Waals surface area contributed by atoms with Crippen LogP contribution in [0, 0.1) is 5.92 Å². The quantitative estimate of drug-likeness (QED) is 0.214. The summed E-state index contributed by atoms with van der Waals surface area (Å²) in [7, 11) is -3.05. The predicted molar refractivity (Wildman–Crippen MR) is 137 cm³/mol. The average molecular weight is 616 g/mol. The monoisotopic (exact) mass is 615 g/mol. The number of sulfonamides is 1. The zero-order valence-corrected chi connectivity index (χ0v) is 23.1. The molecule has 3 rings (SSSR count). The van der Waals surface area contributed by atoms with Gasteiger partial charge in [0.05, 0.1) is 31.2 Å². The molecule has 0 spiro atoms. The van der Waals surface area contributed by atoms with Crippen molar-refractivity contribution in [2.24, 2.45) is 11.7 Å². The highest BCUT2D eigenvalue weighted by Crippen LogP contribution is 2.31. The van der Waals surface area contributed by atoms with Crippen molar-refractivity contribution >= 4 is 33.4 Å². The van der Waals surface area contributed by atoms with Gasteiger partial charge in [-0.3, -0.25) is 4.79 Å². The van der Waals surface area contributed by atoms with E-state index in [4.69, 9.17) is 15.3 Å². The summed E-state index contributed by atoms with van der Waals surface area (Å²) >= 11 is 0.123. The molecule has 1 atom stereocenters. The zero-order valence-electron chi connectivity index (χ0n) is 21.4. The molecule has 40 heavy (non-hydrogen) atoms. The topological polar surface area (TPSA) is 138 Å². The third-order valence-electron chi connectivity index (χ3n) is 6.19. The lowest BCUT2D eigenvalue weighted by Crippen LogP contribution is -2.39. The summed E-state index contributed by atoms with van der Waals surface area (Å²) in [5.41, 5.74) is 5.37. The van der Waals surface area contributed by atoms with Crippen LogP contribution in [0.2, 0.25) is 0 Å². The van der Waals surface area contributed by atoms with E-state index < -0.39 is 46.9 Å². The molecule has 10 nitrogen and oxygen atoms in total. The lowest BCUT2D eigenvalue weighted by atomic mass is 9.85. The van der Waals surface area contributed by atoms with E-state index in [9.17, 15) is 35.2 Å². The van der Waals surface area contributed by atoms with Gasteiger partial charge in [0.1, 0.15) is 16.7 Å². The van der Waals surface area contributed by atoms with Gasteiger partial charge in [0.15, 0.2) is 5.69 Å². The number of rotatable bonds is 14. The van der Waals surface area contributed by atoms with Crippen LogP contribution in [-0.4, -0.2) is 62.5 Å². The van der Waals surface area contributed by atoms with Crippen molar-refractivity contribution in [1.82, 2.24) is 14.7 Å². The molecule has 2 aromatic rings. The smallest absolute Gasteiger partial charge is 0.390 e.